The number of allylic oxidation sites excluding steroid dienone is 1. The largest absolute Gasteiger partial charge is 0.508 e. The van der Waals surface area contributed by atoms with E-state index in [1.165, 1.54) is 0 Å². The number of ketones is 2. The van der Waals surface area contributed by atoms with E-state index in [0.717, 1.165) is 5.56 Å². The normalized spacial score (nSPS) is 29.8. The molecule has 7 N–H and O–H groups in total. The first-order chi connectivity index (χ1) is 18.7. The number of phenolic OH excluding ortho intramolecular Hbond substituents is 1. The van der Waals surface area contributed by atoms with Crippen LogP contribution in [0.15, 0.2) is 17.4 Å². The van der Waals surface area contributed by atoms with Gasteiger partial charge in [0, 0.05) is 29.6 Å². The number of aromatic hydroxyl groups is 1. The number of nitrogens with one attached hydrogen (secondary N) is 1. The van der Waals surface area contributed by atoms with Crippen molar-refractivity contribution in [1.29, 1.82) is 0 Å². The van der Waals surface area contributed by atoms with Gasteiger partial charge in [-0.1, -0.05) is 13.0 Å². The van der Waals surface area contributed by atoms with Gasteiger partial charge in [-0.25, -0.2) is 0 Å². The summed E-state index contributed by atoms with van der Waals surface area (Å²) in [4.78, 5) is 55.0. The molecular formula is C28H38N4O8. The van der Waals surface area contributed by atoms with E-state index < -0.39 is 58.7 Å². The summed E-state index contributed by atoms with van der Waals surface area (Å²) in [5.74, 6) is -7.98. The summed E-state index contributed by atoms with van der Waals surface area (Å²) in [5, 5.41) is 48.1. The van der Waals surface area contributed by atoms with Crippen molar-refractivity contribution in [2.75, 3.05) is 34.7 Å². The Balaban J connectivity index is 1.84. The van der Waals surface area contributed by atoms with Gasteiger partial charge in [-0.05, 0) is 64.5 Å². The number of aliphatic hydroxyl groups excluding tert-OH is 2. The third kappa shape index (κ3) is 4.48. The highest BCUT2D eigenvalue weighted by Crippen LogP contribution is 2.53. The number of carbonyl (C=O) groups excluding carboxylic acids is 4. The van der Waals surface area contributed by atoms with Crippen LogP contribution in [-0.4, -0.2) is 106 Å². The number of amides is 2. The van der Waals surface area contributed by atoms with Crippen LogP contribution in [0.3, 0.4) is 0 Å². The van der Waals surface area contributed by atoms with Crippen LogP contribution in [0.2, 0.25) is 0 Å². The van der Waals surface area contributed by atoms with Crippen LogP contribution in [-0.2, 0) is 33.8 Å². The van der Waals surface area contributed by atoms with Gasteiger partial charge < -0.3 is 41.3 Å². The van der Waals surface area contributed by atoms with Crippen molar-refractivity contribution in [3.05, 3.63) is 39.7 Å². The molecule has 4 rings (SSSR count). The van der Waals surface area contributed by atoms with Gasteiger partial charge in [0.05, 0.1) is 18.2 Å². The first-order valence-corrected chi connectivity index (χ1v) is 13.3. The molecule has 0 bridgehead atoms. The van der Waals surface area contributed by atoms with Gasteiger partial charge in [0.2, 0.25) is 11.8 Å². The molecule has 6 atom stereocenters. The van der Waals surface area contributed by atoms with E-state index >= 15 is 0 Å². The molecule has 12 heteroatoms. The summed E-state index contributed by atoms with van der Waals surface area (Å²) in [7, 11) is 6.72. The summed E-state index contributed by atoms with van der Waals surface area (Å²) in [6, 6.07) is 0.826. The number of hydrogen-bond donors (Lipinski definition) is 6. The van der Waals surface area contributed by atoms with Gasteiger partial charge in [-0.3, -0.25) is 19.2 Å². The maximum Gasteiger partial charge on any atom is 0.234 e. The third-order valence-electron chi connectivity index (χ3n) is 8.58. The molecule has 0 heterocycles. The monoisotopic (exact) mass is 558 g/mol. The zero-order valence-electron chi connectivity index (χ0n) is 23.4. The average Bonchev–Trinajstić information content (AvgIpc) is 2.85. The van der Waals surface area contributed by atoms with Crippen molar-refractivity contribution in [2.24, 2.45) is 23.5 Å². The van der Waals surface area contributed by atoms with Crippen LogP contribution in [0.25, 0.3) is 0 Å². The minimum absolute atomic E-state index is 0.0340. The molecule has 12 nitrogen and oxygen atoms in total. The lowest BCUT2D eigenvalue weighted by Crippen LogP contribution is -2.71. The van der Waals surface area contributed by atoms with Crippen molar-refractivity contribution in [2.45, 2.75) is 50.5 Å². The van der Waals surface area contributed by atoms with Gasteiger partial charge in [0.15, 0.2) is 17.2 Å². The number of phenols is 1. The number of aliphatic hydroxyl groups is 3. The average molecular weight is 559 g/mol. The smallest absolute Gasteiger partial charge is 0.234 e. The number of benzene rings is 1. The number of hydrogen-bond acceptors (Lipinski definition) is 10. The van der Waals surface area contributed by atoms with E-state index in [2.05, 4.69) is 5.32 Å². The maximum absolute atomic E-state index is 14.0. The number of Topliss-reactive ketones (excluding diaryl/α,β-unsaturated/α-hetero) is 2. The topological polar surface area (TPSA) is 194 Å². The molecule has 3 aliphatic carbocycles. The van der Waals surface area contributed by atoms with E-state index in [4.69, 9.17) is 5.73 Å². The van der Waals surface area contributed by atoms with Gasteiger partial charge >= 0.3 is 0 Å². The summed E-state index contributed by atoms with van der Waals surface area (Å²) in [6.07, 6.45) is -0.699. The highest BCUT2D eigenvalue weighted by Gasteiger charge is 2.66. The van der Waals surface area contributed by atoms with Crippen LogP contribution >= 0.6 is 0 Å². The fraction of sp³-hybridized carbons (Fsp3) is 0.571. The molecule has 3 aliphatic rings. The Kier molecular flexibility index (Phi) is 7.85. The molecule has 1 aromatic carbocycles. The lowest BCUT2D eigenvalue weighted by Gasteiger charge is -2.53. The number of rotatable bonds is 7. The SMILES string of the molecule is CCc1cc(CNC(=O)CN(C)C)c(O)c2c1C[C@H]1C[C@H]3[C@@H](N(C)C)C(O)C(C(N)=O)C(=O)[C@@]3(O)C(O)=C1C2=O. The van der Waals surface area contributed by atoms with Crippen molar-refractivity contribution >= 4 is 23.4 Å². The highest BCUT2D eigenvalue weighted by molar-refractivity contribution is 6.15. The van der Waals surface area contributed by atoms with E-state index in [1.807, 2.05) is 6.92 Å². The minimum atomic E-state index is -2.63. The fourth-order valence-electron chi connectivity index (χ4n) is 6.80. The van der Waals surface area contributed by atoms with Gasteiger partial charge in [0.25, 0.3) is 0 Å². The molecule has 0 spiro atoms. The lowest BCUT2D eigenvalue weighted by molar-refractivity contribution is -0.178. The van der Waals surface area contributed by atoms with Crippen LogP contribution < -0.4 is 11.1 Å². The molecule has 1 saturated carbocycles. The van der Waals surface area contributed by atoms with Crippen molar-refractivity contribution in [3.63, 3.8) is 0 Å². The second-order valence-electron chi connectivity index (χ2n) is 11.6. The number of carbonyl (C=O) groups is 4. The van der Waals surface area contributed by atoms with E-state index in [-0.39, 0.29) is 48.7 Å². The van der Waals surface area contributed by atoms with Crippen LogP contribution in [0, 0.1) is 17.8 Å². The summed E-state index contributed by atoms with van der Waals surface area (Å²) >= 11 is 0. The minimum Gasteiger partial charge on any atom is -0.508 e. The fourth-order valence-corrected chi connectivity index (χ4v) is 6.80. The molecule has 218 valence electrons. The Labute approximate surface area is 232 Å². The molecular weight excluding hydrogens is 520 g/mol. The second-order valence-corrected chi connectivity index (χ2v) is 11.6. The predicted molar refractivity (Wildman–Crippen MR) is 143 cm³/mol. The Hall–Kier alpha value is -3.32. The maximum atomic E-state index is 14.0. The van der Waals surface area contributed by atoms with E-state index in [9.17, 15) is 39.6 Å². The van der Waals surface area contributed by atoms with E-state index in [1.54, 1.807) is 44.1 Å². The molecule has 0 saturated heterocycles. The Morgan fingerprint density at radius 3 is 2.35 bits per heavy atom. The van der Waals surface area contributed by atoms with Crippen molar-refractivity contribution in [3.8, 4) is 5.75 Å². The number of likely N-dealkylation sites (N-methyl/N-ethyl adjacent to an activating group) is 2. The van der Waals surface area contributed by atoms with E-state index in [0.29, 0.717) is 17.5 Å². The predicted octanol–water partition coefficient (Wildman–Crippen LogP) is -0.974. The quantitative estimate of drug-likeness (QED) is 0.227. The molecule has 1 fully saturated rings. The Morgan fingerprint density at radius 2 is 1.80 bits per heavy atom. The van der Waals surface area contributed by atoms with Crippen LogP contribution in [0.4, 0.5) is 0 Å². The van der Waals surface area contributed by atoms with Gasteiger partial charge in [0.1, 0.15) is 17.4 Å². The van der Waals surface area contributed by atoms with Gasteiger partial charge in [-0.15, -0.1) is 0 Å². The molecule has 40 heavy (non-hydrogen) atoms. The number of primary amides is 1. The standard InChI is InChI=1S/C28H38N4O8/c1-6-12-7-14(10-30-17(33)11-31(2)3)22(34)19-15(12)8-13-9-16-21(32(4)5)24(36)20(27(29)39)26(38)28(16,40)25(37)18(13)23(19)35/h7,13,16,20-21,24,34,36-37,40H,6,8-11H2,1-5H3,(H2,29,39)(H,30,33)/t13-,16-,20?,21+,24?,28-/m0/s1. The van der Waals surface area contributed by atoms with Crippen LogP contribution in [0.5, 0.6) is 5.75 Å². The van der Waals surface area contributed by atoms with Gasteiger partial charge in [-0.2, -0.15) is 0 Å². The van der Waals surface area contributed by atoms with Crippen LogP contribution in [0.1, 0.15) is 40.4 Å². The molecule has 0 aliphatic heterocycles. The Morgan fingerprint density at radius 1 is 1.15 bits per heavy atom. The molecule has 1 aromatic rings. The summed E-state index contributed by atoms with van der Waals surface area (Å²) in [6.45, 7) is 2.00. The van der Waals surface area contributed by atoms with Crippen molar-refractivity contribution in [1.82, 2.24) is 15.1 Å². The first-order valence-electron chi connectivity index (χ1n) is 13.3. The molecule has 0 aromatic heterocycles. The Bertz CT molecular complexity index is 1310. The number of fused-ring (bicyclic) bond motifs is 3. The molecule has 0 radical (unpaired) electrons. The molecule has 2 amide bonds. The highest BCUT2D eigenvalue weighted by atomic mass is 16.4. The van der Waals surface area contributed by atoms with Crippen molar-refractivity contribution < 1.29 is 39.6 Å². The first kappa shape index (κ1) is 29.7. The number of aryl methyl sites for hydroxylation is 1. The third-order valence-corrected chi connectivity index (χ3v) is 8.58. The summed E-state index contributed by atoms with van der Waals surface area (Å²) in [5.41, 5.74) is 4.24. The second kappa shape index (κ2) is 10.6. The summed E-state index contributed by atoms with van der Waals surface area (Å²) < 4.78 is 0. The number of nitrogens with zero attached hydrogens (tertiary/aromatic N) is 2. The molecule has 2 unspecified atom stereocenters. The zero-order valence-corrected chi connectivity index (χ0v) is 23.4. The number of nitrogens with two attached hydrogens (primary N) is 1. The lowest BCUT2D eigenvalue weighted by atomic mass is 9.55. The zero-order chi connectivity index (χ0) is 29.8.